The summed E-state index contributed by atoms with van der Waals surface area (Å²) in [6, 6.07) is 51.2. The van der Waals surface area contributed by atoms with Gasteiger partial charge < -0.3 is 38.9 Å². The molecule has 3 atom stereocenters. The summed E-state index contributed by atoms with van der Waals surface area (Å²) in [5.74, 6) is -2.76. The Kier molecular flexibility index (Phi) is 21.0. The van der Waals surface area contributed by atoms with Crippen LogP contribution in [0, 0.1) is 29.2 Å². The summed E-state index contributed by atoms with van der Waals surface area (Å²) in [5.41, 5.74) is 13.3. The van der Waals surface area contributed by atoms with Gasteiger partial charge in [-0.15, -0.1) is 0 Å². The molecule has 0 bridgehead atoms. The number of carbonyl (C=O) groups excluding carboxylic acids is 5. The van der Waals surface area contributed by atoms with Crippen LogP contribution >= 0.6 is 0 Å². The summed E-state index contributed by atoms with van der Waals surface area (Å²) in [6.45, 7) is 5.07. The van der Waals surface area contributed by atoms with Gasteiger partial charge in [-0.05, 0) is 140 Å². The van der Waals surface area contributed by atoms with Crippen LogP contribution < -0.4 is 19.6 Å². The lowest BCUT2D eigenvalue weighted by Gasteiger charge is -2.25. The third-order valence-electron chi connectivity index (χ3n) is 25.3. The number of likely N-dealkylation sites (tertiary alicyclic amines) is 3. The molecule has 5 fully saturated rings. The maximum Gasteiger partial charge on any atom is 0.292 e. The highest BCUT2D eigenvalue weighted by Crippen LogP contribution is 2.53. The molecule has 0 N–H and O–H groups in total. The van der Waals surface area contributed by atoms with Crippen LogP contribution in [0.3, 0.4) is 0 Å². The van der Waals surface area contributed by atoms with Gasteiger partial charge in [-0.1, -0.05) is 121 Å². The smallest absolute Gasteiger partial charge is 0.292 e. The number of rotatable bonds is 15. The molecule has 27 heteroatoms. The Morgan fingerprint density at radius 2 is 0.727 bits per heavy atom. The quantitative estimate of drug-likeness (QED) is 0.0880. The molecular weight excluding hydrogens is 1550 g/mol. The molecule has 5 amide bonds. The number of fused-ring (bicyclic) bond motifs is 8. The minimum Gasteiger partial charge on any atom is -0.341 e. The van der Waals surface area contributed by atoms with Crippen LogP contribution in [0.2, 0.25) is 0 Å². The topological polar surface area (TPSA) is 198 Å². The predicted octanol–water partition coefficient (Wildman–Crippen LogP) is 13.7. The molecule has 4 spiro atoms. The molecule has 4 aromatic heterocycles. The Balaban J connectivity index is 0.000000111. The van der Waals surface area contributed by atoms with E-state index in [2.05, 4.69) is 25.3 Å². The second-order valence-corrected chi connectivity index (χ2v) is 33.0. The highest BCUT2D eigenvalue weighted by Gasteiger charge is 2.59. The molecular formula is C94H90F5N15O7. The van der Waals surface area contributed by atoms with Crippen molar-refractivity contribution in [3.05, 3.63) is 287 Å². The molecule has 3 unspecified atom stereocenters. The van der Waals surface area contributed by atoms with E-state index in [0.29, 0.717) is 98.8 Å². The van der Waals surface area contributed by atoms with E-state index in [1.54, 1.807) is 82.5 Å². The first-order valence-electron chi connectivity index (χ1n) is 40.8. The molecule has 12 heterocycles. The van der Waals surface area contributed by atoms with Gasteiger partial charge in [-0.25, -0.2) is 22.0 Å². The Hall–Kier alpha value is -12.6. The van der Waals surface area contributed by atoms with Gasteiger partial charge in [0.15, 0.2) is 0 Å². The summed E-state index contributed by atoms with van der Waals surface area (Å²) in [6.07, 6.45) is 18.1. The van der Waals surface area contributed by atoms with Gasteiger partial charge in [0, 0.05) is 159 Å². The number of aromatic nitrogens is 8. The third-order valence-corrected chi connectivity index (χ3v) is 25.3. The second-order valence-electron chi connectivity index (χ2n) is 33.0. The molecule has 1 saturated carbocycles. The summed E-state index contributed by atoms with van der Waals surface area (Å²) in [4.78, 5) is 79.5. The van der Waals surface area contributed by atoms with E-state index in [0.717, 1.165) is 104 Å². The van der Waals surface area contributed by atoms with Crippen LogP contribution in [0.25, 0.3) is 44.5 Å². The van der Waals surface area contributed by atoms with Crippen molar-refractivity contribution in [3.8, 4) is 44.5 Å². The van der Waals surface area contributed by atoms with Gasteiger partial charge in [0.25, 0.3) is 11.7 Å². The molecule has 12 aromatic rings. The number of benzene rings is 8. The van der Waals surface area contributed by atoms with Crippen LogP contribution in [0.5, 0.6) is 0 Å². The van der Waals surface area contributed by atoms with E-state index in [1.165, 1.54) is 29.2 Å². The number of alkyl halides is 1. The summed E-state index contributed by atoms with van der Waals surface area (Å²) < 4.78 is 90.9. The van der Waals surface area contributed by atoms with Crippen LogP contribution in [0.15, 0.2) is 219 Å². The van der Waals surface area contributed by atoms with E-state index in [1.807, 2.05) is 191 Å². The molecule has 618 valence electrons. The number of halogens is 5. The minimum absolute atomic E-state index is 0.0224. The van der Waals surface area contributed by atoms with Crippen molar-refractivity contribution in [3.63, 3.8) is 0 Å². The zero-order chi connectivity index (χ0) is 83.8. The van der Waals surface area contributed by atoms with Crippen molar-refractivity contribution < 1.29 is 55.4 Å². The fourth-order valence-electron chi connectivity index (χ4n) is 18.9. The number of likely N-dealkylation sites (N-methyl/N-ethyl adjacent to an activating group) is 1. The molecule has 22 nitrogen and oxygen atoms in total. The Morgan fingerprint density at radius 1 is 0.397 bits per heavy atom. The summed E-state index contributed by atoms with van der Waals surface area (Å²) >= 11 is 0. The second kappa shape index (κ2) is 31.9. The first-order valence-corrected chi connectivity index (χ1v) is 40.8. The molecule has 21 rings (SSSR count). The van der Waals surface area contributed by atoms with Crippen molar-refractivity contribution in [2.75, 3.05) is 92.3 Å². The molecule has 8 aliphatic heterocycles. The number of hydrogen-bond acceptors (Lipinski definition) is 13. The highest BCUT2D eigenvalue weighted by molar-refractivity contribution is 6.11. The average Bonchev–Trinajstić information content (AvgIpc) is 1.49. The lowest BCUT2D eigenvalue weighted by Crippen LogP contribution is -2.43. The lowest BCUT2D eigenvalue weighted by atomic mass is 9.81. The SMILES string of the molecule is CN1CCC2(C1)C(=O)N(Cc1ccc(-c3cnn(C)c3)cc1F)c1ccccc12.Cn1cc(-c2ccc(CN3C(=O)C4(CCN(C(=O)C5CC5)C4)c4ccccc43)c(F)c2)cn1.Cn1cc(-c2ccc(CN3C(=O)C4(CCN(CCF)C4)c4ccccc43)c(F)c2)cn1.Cn1cc(-c2ccc(CN3C(=O)C4(OCCO4)c4ccccc43)c(F)c2)cn1. The van der Waals surface area contributed by atoms with Gasteiger partial charge in [-0.3, -0.25) is 47.6 Å². The molecule has 0 radical (unpaired) electrons. The van der Waals surface area contributed by atoms with Crippen molar-refractivity contribution in [1.29, 1.82) is 0 Å². The van der Waals surface area contributed by atoms with Crippen molar-refractivity contribution in [1.82, 2.24) is 53.8 Å². The Labute approximate surface area is 696 Å². The number of ether oxygens (including phenoxy) is 2. The van der Waals surface area contributed by atoms with Crippen LogP contribution in [-0.2, 0) is 110 Å². The zero-order valence-electron chi connectivity index (χ0n) is 67.8. The van der Waals surface area contributed by atoms with E-state index in [4.69, 9.17) is 9.47 Å². The van der Waals surface area contributed by atoms with Crippen molar-refractivity contribution >= 4 is 52.3 Å². The summed E-state index contributed by atoms with van der Waals surface area (Å²) in [7, 11) is 9.33. The lowest BCUT2D eigenvalue weighted by molar-refractivity contribution is -0.180. The average molecular weight is 1640 g/mol. The largest absolute Gasteiger partial charge is 0.341 e. The van der Waals surface area contributed by atoms with Crippen LogP contribution in [-0.4, -0.2) is 156 Å². The van der Waals surface area contributed by atoms with Gasteiger partial charge in [-0.2, -0.15) is 20.4 Å². The number of nitrogens with zero attached hydrogens (tertiary/aromatic N) is 15. The van der Waals surface area contributed by atoms with Gasteiger partial charge in [0.2, 0.25) is 23.6 Å². The van der Waals surface area contributed by atoms with E-state index in [-0.39, 0.29) is 84.9 Å². The predicted molar refractivity (Wildman–Crippen MR) is 447 cm³/mol. The van der Waals surface area contributed by atoms with Crippen LogP contribution in [0.4, 0.5) is 44.7 Å². The number of aryl methyl sites for hydroxylation is 4. The van der Waals surface area contributed by atoms with Gasteiger partial charge in [0.05, 0.1) is 86.1 Å². The normalized spacial score (nSPS) is 20.4. The molecule has 9 aliphatic rings. The summed E-state index contributed by atoms with van der Waals surface area (Å²) in [5, 5.41) is 16.6. The highest BCUT2D eigenvalue weighted by atomic mass is 19.1. The Morgan fingerprint density at radius 3 is 1.07 bits per heavy atom. The molecule has 1 aliphatic carbocycles. The minimum atomic E-state index is -1.40. The zero-order valence-corrected chi connectivity index (χ0v) is 67.8. The van der Waals surface area contributed by atoms with Crippen LogP contribution in [0.1, 0.15) is 76.6 Å². The maximum absolute atomic E-state index is 15.1. The maximum atomic E-state index is 15.1. The first-order chi connectivity index (χ1) is 58.5. The number of anilines is 4. The number of para-hydroxylation sites is 4. The van der Waals surface area contributed by atoms with Gasteiger partial charge >= 0.3 is 0 Å². The molecule has 8 aromatic carbocycles. The van der Waals surface area contributed by atoms with E-state index in [9.17, 15) is 37.1 Å². The number of amides is 5. The van der Waals surface area contributed by atoms with E-state index >= 15 is 8.78 Å². The van der Waals surface area contributed by atoms with Crippen molar-refractivity contribution in [2.24, 2.45) is 34.1 Å². The monoisotopic (exact) mass is 1640 g/mol. The Bertz CT molecular complexity index is 6050. The van der Waals surface area contributed by atoms with E-state index < -0.39 is 28.7 Å². The first kappa shape index (κ1) is 79.6. The fraction of sp³-hybridized carbons (Fsp3) is 0.309. The van der Waals surface area contributed by atoms with Crippen molar-refractivity contribution in [2.45, 2.75) is 80.3 Å². The number of carbonyl (C=O) groups is 5. The fourth-order valence-corrected chi connectivity index (χ4v) is 18.9. The third kappa shape index (κ3) is 14.5. The molecule has 121 heavy (non-hydrogen) atoms. The molecule has 4 saturated heterocycles. The van der Waals surface area contributed by atoms with Gasteiger partial charge in [0.1, 0.15) is 29.9 Å². The number of hydrogen-bond donors (Lipinski definition) is 0. The standard InChI is InChI=1S/C26H25FN4O2.C24H24F2N4O.C23H23FN4O.C21H18FN3O3/c1-29-14-20(13-28-29)18-8-9-19(22(27)12-18)15-31-23-5-3-2-4-21(23)26(25(31)33)10-11-30(16-26)24(32)17-6-7-17;1-28-14-19(13-27-28)17-6-7-18(21(26)12-17)15-30-22-5-3-2-4-20(22)24(23(30)31)8-10-29(16-24)11-9-25;1-26-10-9-23(15-26)19-5-3-4-6-21(19)28(22(23)29)14-17-8-7-16(11-20(17)24)18-12-25-27(2)13-18;1-24-12-16(11-23-24)14-6-7-15(18(22)10-14)13-25-19-5-3-2-4-17(19)21(20(25)26)27-8-9-28-21/h2-5,8-9,12-14,17H,6-7,10-11,15-16H2,1H3;2-7,12-14H,8-11,15-16H2,1H3;3-8,11-13H,9-10,14-15H2,1-2H3;2-7,10-12H,8-9,13H2,1H3.